The Kier molecular flexibility index (Phi) is 5.49. The molecule has 0 bridgehead atoms. The number of ether oxygens (including phenoxy) is 1. The number of benzene rings is 1. The second-order valence-electron chi connectivity index (χ2n) is 5.66. The van der Waals surface area contributed by atoms with Gasteiger partial charge in [0.2, 0.25) is 5.78 Å². The van der Waals surface area contributed by atoms with E-state index in [1.807, 2.05) is 6.92 Å². The van der Waals surface area contributed by atoms with Gasteiger partial charge in [0.05, 0.1) is 15.7 Å². The molecule has 0 unspecified atom stereocenters. The Morgan fingerprint density at radius 2 is 2.04 bits per heavy atom. The smallest absolute Gasteiger partial charge is 0.203 e. The molecule has 1 aromatic carbocycles. The average Bonchev–Trinajstić information content (AvgIpc) is 3.19. The molecule has 3 aromatic rings. The molecule has 0 saturated heterocycles. The predicted octanol–water partition coefficient (Wildman–Crippen LogP) is 5.10. The van der Waals surface area contributed by atoms with Gasteiger partial charge in [-0.3, -0.25) is 9.48 Å². The summed E-state index contributed by atoms with van der Waals surface area (Å²) < 4.78 is 12.8. The number of aryl methyl sites for hydroxylation is 2. The number of ketones is 1. The molecule has 2 heterocycles. The Hall–Kier alpha value is -2.50. The molecule has 0 radical (unpaired) electrons. The molecule has 0 spiro atoms. The van der Waals surface area contributed by atoms with E-state index in [0.29, 0.717) is 33.0 Å². The van der Waals surface area contributed by atoms with Crippen molar-refractivity contribution in [3.63, 3.8) is 0 Å². The molecule has 0 N–H and O–H groups in total. The van der Waals surface area contributed by atoms with Crippen LogP contribution in [-0.2, 0) is 13.7 Å². The van der Waals surface area contributed by atoms with Gasteiger partial charge in [-0.1, -0.05) is 23.2 Å². The Morgan fingerprint density at radius 1 is 1.23 bits per heavy atom. The number of carbonyl (C=O) groups excluding carboxylic acids is 1. The first-order valence-electron chi connectivity index (χ1n) is 7.82. The highest BCUT2D eigenvalue weighted by atomic mass is 35.5. The number of rotatable bonds is 6. The molecule has 0 fully saturated rings. The lowest BCUT2D eigenvalue weighted by molar-refractivity contribution is 0.103. The lowest BCUT2D eigenvalue weighted by Crippen LogP contribution is -2.03. The van der Waals surface area contributed by atoms with Crippen molar-refractivity contribution in [3.8, 4) is 5.75 Å². The molecule has 0 atom stereocenters. The van der Waals surface area contributed by atoms with Gasteiger partial charge in [0.1, 0.15) is 29.6 Å². The summed E-state index contributed by atoms with van der Waals surface area (Å²) in [6.07, 6.45) is 3.08. The molecule has 5 nitrogen and oxygen atoms in total. The SMILES string of the molecule is Cc1cc(C(=O)C=Cc2ccc(COc3ccc(Cl)c(Cl)c3)o2)n(C)n1. The summed E-state index contributed by atoms with van der Waals surface area (Å²) in [4.78, 5) is 12.2. The van der Waals surface area contributed by atoms with Gasteiger partial charge in [-0.05, 0) is 49.4 Å². The Labute approximate surface area is 160 Å². The van der Waals surface area contributed by atoms with E-state index in [2.05, 4.69) is 5.10 Å². The summed E-state index contributed by atoms with van der Waals surface area (Å²) in [5.74, 6) is 1.64. The second-order valence-corrected chi connectivity index (χ2v) is 6.48. The van der Waals surface area contributed by atoms with Crippen molar-refractivity contribution in [2.24, 2.45) is 7.05 Å². The van der Waals surface area contributed by atoms with Gasteiger partial charge >= 0.3 is 0 Å². The molecule has 7 heteroatoms. The molecule has 0 aliphatic rings. The maximum atomic E-state index is 12.2. The van der Waals surface area contributed by atoms with Crippen LogP contribution in [0.25, 0.3) is 6.08 Å². The zero-order chi connectivity index (χ0) is 18.7. The molecule has 134 valence electrons. The van der Waals surface area contributed by atoms with Gasteiger partial charge in [-0.15, -0.1) is 0 Å². The van der Waals surface area contributed by atoms with Crippen LogP contribution in [0.2, 0.25) is 10.0 Å². The van der Waals surface area contributed by atoms with Gasteiger partial charge < -0.3 is 9.15 Å². The number of furan rings is 1. The Balaban J connectivity index is 1.61. The van der Waals surface area contributed by atoms with Crippen LogP contribution in [0, 0.1) is 6.92 Å². The van der Waals surface area contributed by atoms with Crippen LogP contribution in [-0.4, -0.2) is 15.6 Å². The fourth-order valence-electron chi connectivity index (χ4n) is 2.37. The molecule has 0 aliphatic heterocycles. The molecule has 0 amide bonds. The molecule has 2 aromatic heterocycles. The number of allylic oxidation sites excluding steroid dienone is 1. The van der Waals surface area contributed by atoms with E-state index in [1.165, 1.54) is 6.08 Å². The maximum Gasteiger partial charge on any atom is 0.203 e. The summed E-state index contributed by atoms with van der Waals surface area (Å²) in [7, 11) is 1.74. The Bertz CT molecular complexity index is 973. The molecular weight excluding hydrogens is 375 g/mol. The van der Waals surface area contributed by atoms with E-state index in [4.69, 9.17) is 32.4 Å². The van der Waals surface area contributed by atoms with Crippen LogP contribution in [0.3, 0.4) is 0 Å². The van der Waals surface area contributed by atoms with Crippen LogP contribution in [0.15, 0.2) is 46.9 Å². The Morgan fingerprint density at radius 3 is 2.73 bits per heavy atom. The molecular formula is C19H16Cl2N2O3. The van der Waals surface area contributed by atoms with Crippen molar-refractivity contribution in [1.82, 2.24) is 9.78 Å². The number of hydrogen-bond donors (Lipinski definition) is 0. The third-order valence-corrected chi connectivity index (χ3v) is 4.35. The number of hydrogen-bond acceptors (Lipinski definition) is 4. The van der Waals surface area contributed by atoms with E-state index in [0.717, 1.165) is 5.69 Å². The van der Waals surface area contributed by atoms with Gasteiger partial charge in [0.15, 0.2) is 0 Å². The first-order valence-corrected chi connectivity index (χ1v) is 8.57. The van der Waals surface area contributed by atoms with Gasteiger partial charge in [0.25, 0.3) is 0 Å². The normalized spacial score (nSPS) is 11.2. The summed E-state index contributed by atoms with van der Waals surface area (Å²) >= 11 is 11.8. The van der Waals surface area contributed by atoms with Crippen LogP contribution in [0.4, 0.5) is 0 Å². The van der Waals surface area contributed by atoms with Crippen molar-refractivity contribution in [1.29, 1.82) is 0 Å². The summed E-state index contributed by atoms with van der Waals surface area (Å²) in [5, 5.41) is 5.06. The van der Waals surface area contributed by atoms with Crippen molar-refractivity contribution in [2.45, 2.75) is 13.5 Å². The number of aromatic nitrogens is 2. The first kappa shape index (κ1) is 18.3. The second kappa shape index (κ2) is 7.81. The van der Waals surface area contributed by atoms with Crippen molar-refractivity contribution in [3.05, 3.63) is 75.4 Å². The largest absolute Gasteiger partial charge is 0.486 e. The maximum absolute atomic E-state index is 12.2. The van der Waals surface area contributed by atoms with E-state index in [-0.39, 0.29) is 12.4 Å². The van der Waals surface area contributed by atoms with Crippen LogP contribution >= 0.6 is 23.2 Å². The third-order valence-electron chi connectivity index (χ3n) is 3.61. The minimum atomic E-state index is -0.141. The van der Waals surface area contributed by atoms with E-state index < -0.39 is 0 Å². The standard InChI is InChI=1S/C19H16Cl2N2O3/c1-12-9-18(23(2)22-12)19(24)8-6-13-3-4-15(26-13)11-25-14-5-7-16(20)17(21)10-14/h3-10H,11H2,1-2H3. The fourth-order valence-corrected chi connectivity index (χ4v) is 2.66. The summed E-state index contributed by atoms with van der Waals surface area (Å²) in [6.45, 7) is 2.08. The fraction of sp³-hybridized carbons (Fsp3) is 0.158. The monoisotopic (exact) mass is 390 g/mol. The lowest BCUT2D eigenvalue weighted by atomic mass is 10.2. The third kappa shape index (κ3) is 4.36. The van der Waals surface area contributed by atoms with Crippen LogP contribution < -0.4 is 4.74 Å². The topological polar surface area (TPSA) is 57.3 Å². The summed E-state index contributed by atoms with van der Waals surface area (Å²) in [6, 6.07) is 10.3. The number of halogens is 2. The molecule has 3 rings (SSSR count). The average molecular weight is 391 g/mol. The lowest BCUT2D eigenvalue weighted by Gasteiger charge is -2.05. The highest BCUT2D eigenvalue weighted by molar-refractivity contribution is 6.42. The minimum absolute atomic E-state index is 0.141. The number of nitrogens with zero attached hydrogens (tertiary/aromatic N) is 2. The van der Waals surface area contributed by atoms with Gasteiger partial charge in [-0.2, -0.15) is 5.10 Å². The van der Waals surface area contributed by atoms with Crippen LogP contribution in [0.1, 0.15) is 27.7 Å². The predicted molar refractivity (Wildman–Crippen MR) is 101 cm³/mol. The zero-order valence-corrected chi connectivity index (χ0v) is 15.7. The van der Waals surface area contributed by atoms with Gasteiger partial charge in [-0.25, -0.2) is 0 Å². The van der Waals surface area contributed by atoms with Crippen molar-refractivity contribution in [2.75, 3.05) is 0 Å². The number of carbonyl (C=O) groups is 1. The van der Waals surface area contributed by atoms with E-state index in [9.17, 15) is 4.79 Å². The molecule has 0 saturated carbocycles. The highest BCUT2D eigenvalue weighted by Gasteiger charge is 2.09. The van der Waals surface area contributed by atoms with Crippen LogP contribution in [0.5, 0.6) is 5.75 Å². The first-order chi connectivity index (χ1) is 12.4. The van der Waals surface area contributed by atoms with E-state index in [1.54, 1.807) is 54.2 Å². The summed E-state index contributed by atoms with van der Waals surface area (Å²) in [5.41, 5.74) is 1.32. The molecule has 26 heavy (non-hydrogen) atoms. The quantitative estimate of drug-likeness (QED) is 0.433. The van der Waals surface area contributed by atoms with Crippen molar-refractivity contribution >= 4 is 35.1 Å². The highest BCUT2D eigenvalue weighted by Crippen LogP contribution is 2.27. The van der Waals surface area contributed by atoms with Gasteiger partial charge in [0, 0.05) is 13.1 Å². The van der Waals surface area contributed by atoms with Crippen molar-refractivity contribution < 1.29 is 13.9 Å². The minimum Gasteiger partial charge on any atom is -0.486 e. The van der Waals surface area contributed by atoms with E-state index >= 15 is 0 Å². The molecule has 0 aliphatic carbocycles. The zero-order valence-electron chi connectivity index (χ0n) is 14.2.